The van der Waals surface area contributed by atoms with Crippen molar-refractivity contribution in [3.63, 3.8) is 0 Å². The molecule has 104 valence electrons. The average Bonchev–Trinajstić information content (AvgIpc) is 2.23. The summed E-state index contributed by atoms with van der Waals surface area (Å²) >= 11 is 0. The van der Waals surface area contributed by atoms with Crippen molar-refractivity contribution in [1.29, 1.82) is 0 Å². The Bertz CT molecular complexity index is 521. The Kier molecular flexibility index (Phi) is 3.04. The highest BCUT2D eigenvalue weighted by Gasteiger charge is 2.52. The largest absolute Gasteiger partial charge is 0.481 e. The molecule has 7 heteroatoms. The van der Waals surface area contributed by atoms with Crippen LogP contribution in [-0.2, 0) is 16.4 Å². The minimum atomic E-state index is -4.64. The molecule has 0 aromatic heterocycles. The Hall–Kier alpha value is -1.63. The summed E-state index contributed by atoms with van der Waals surface area (Å²) in [5.74, 6) is -2.31. The molecule has 2 rings (SSSR count). The maximum Gasteiger partial charge on any atom is 0.416 e. The Morgan fingerprint density at radius 2 is 1.95 bits per heavy atom. The van der Waals surface area contributed by atoms with Crippen molar-refractivity contribution in [2.24, 2.45) is 5.73 Å². The average molecular weight is 277 g/mol. The maximum absolute atomic E-state index is 13.7. The predicted molar refractivity (Wildman–Crippen MR) is 57.9 cm³/mol. The normalized spacial score (nSPS) is 26.9. The van der Waals surface area contributed by atoms with Crippen molar-refractivity contribution in [3.05, 3.63) is 35.1 Å². The molecule has 1 aliphatic rings. The number of hydrogen-bond acceptors (Lipinski definition) is 2. The molecule has 0 atom stereocenters. The van der Waals surface area contributed by atoms with Gasteiger partial charge in [-0.15, -0.1) is 0 Å². The highest BCUT2D eigenvalue weighted by molar-refractivity contribution is 5.83. The van der Waals surface area contributed by atoms with Gasteiger partial charge in [0.1, 0.15) is 5.82 Å². The first-order chi connectivity index (χ1) is 8.67. The number of carboxylic acids is 1. The van der Waals surface area contributed by atoms with Crippen LogP contribution in [0.2, 0.25) is 0 Å². The second-order valence-electron chi connectivity index (χ2n) is 4.75. The van der Waals surface area contributed by atoms with E-state index >= 15 is 0 Å². The Balaban J connectivity index is 2.52. The topological polar surface area (TPSA) is 63.3 Å². The molecule has 1 fully saturated rings. The fourth-order valence-corrected chi connectivity index (χ4v) is 2.41. The molecule has 3 N–H and O–H groups in total. The van der Waals surface area contributed by atoms with Crippen LogP contribution in [0.3, 0.4) is 0 Å². The van der Waals surface area contributed by atoms with Gasteiger partial charge in [-0.1, -0.05) is 0 Å². The van der Waals surface area contributed by atoms with E-state index in [9.17, 15) is 22.4 Å². The second-order valence-corrected chi connectivity index (χ2v) is 4.75. The van der Waals surface area contributed by atoms with E-state index in [1.807, 2.05) is 0 Å². The highest BCUT2D eigenvalue weighted by Crippen LogP contribution is 2.45. The van der Waals surface area contributed by atoms with Crippen LogP contribution in [-0.4, -0.2) is 17.1 Å². The van der Waals surface area contributed by atoms with Crippen molar-refractivity contribution in [2.75, 3.05) is 0 Å². The second kappa shape index (κ2) is 4.19. The van der Waals surface area contributed by atoms with Crippen LogP contribution in [0.15, 0.2) is 18.2 Å². The summed E-state index contributed by atoms with van der Waals surface area (Å²) in [5.41, 5.74) is 2.33. The summed E-state index contributed by atoms with van der Waals surface area (Å²) < 4.78 is 51.5. The number of carboxylic acid groups (broad SMARTS) is 1. The van der Waals surface area contributed by atoms with Crippen molar-refractivity contribution < 1.29 is 27.5 Å². The number of carbonyl (C=O) groups is 1. The van der Waals surface area contributed by atoms with Gasteiger partial charge in [-0.05, 0) is 31.0 Å². The zero-order chi connectivity index (χ0) is 14.4. The fourth-order valence-electron chi connectivity index (χ4n) is 2.41. The SMILES string of the molecule is NC1CC(C(=O)O)(c2cc(C(F)(F)F)ccc2F)C1. The minimum Gasteiger partial charge on any atom is -0.481 e. The van der Waals surface area contributed by atoms with Gasteiger partial charge in [0.2, 0.25) is 0 Å². The van der Waals surface area contributed by atoms with Gasteiger partial charge in [-0.2, -0.15) is 13.2 Å². The number of benzene rings is 1. The number of hydrogen-bond donors (Lipinski definition) is 2. The number of halogens is 4. The van der Waals surface area contributed by atoms with Crippen LogP contribution in [0.25, 0.3) is 0 Å². The molecule has 19 heavy (non-hydrogen) atoms. The number of nitrogens with two attached hydrogens (primary N) is 1. The third-order valence-corrected chi connectivity index (χ3v) is 3.44. The summed E-state index contributed by atoms with van der Waals surface area (Å²) in [6.07, 6.45) is -4.78. The van der Waals surface area contributed by atoms with Crippen LogP contribution in [0.1, 0.15) is 24.0 Å². The standard InChI is InChI=1S/C12H11F4NO2/c13-9-2-1-6(12(14,15)16)3-8(9)11(10(18)19)4-7(17)5-11/h1-3,7H,4-5,17H2,(H,18,19). The lowest BCUT2D eigenvalue weighted by Crippen LogP contribution is -2.54. The number of alkyl halides is 3. The van der Waals surface area contributed by atoms with Gasteiger partial charge in [0, 0.05) is 11.6 Å². The first-order valence-corrected chi connectivity index (χ1v) is 5.53. The molecule has 0 saturated heterocycles. The van der Waals surface area contributed by atoms with Gasteiger partial charge in [0.05, 0.1) is 11.0 Å². The Morgan fingerprint density at radius 3 is 2.37 bits per heavy atom. The molecule has 0 spiro atoms. The summed E-state index contributed by atoms with van der Waals surface area (Å²) in [6, 6.07) is 1.36. The lowest BCUT2D eigenvalue weighted by atomic mass is 9.61. The molecule has 0 unspecified atom stereocenters. The molecule has 0 amide bonds. The highest BCUT2D eigenvalue weighted by atomic mass is 19.4. The van der Waals surface area contributed by atoms with Crippen LogP contribution in [0, 0.1) is 5.82 Å². The van der Waals surface area contributed by atoms with E-state index in [1.54, 1.807) is 0 Å². The lowest BCUT2D eigenvalue weighted by Gasteiger charge is -2.43. The summed E-state index contributed by atoms with van der Waals surface area (Å²) in [5, 5.41) is 9.17. The molecule has 0 heterocycles. The number of aliphatic carboxylic acids is 1. The van der Waals surface area contributed by atoms with Crippen LogP contribution >= 0.6 is 0 Å². The quantitative estimate of drug-likeness (QED) is 0.815. The molecule has 3 nitrogen and oxygen atoms in total. The molecular formula is C12H11F4NO2. The maximum atomic E-state index is 13.7. The summed E-state index contributed by atoms with van der Waals surface area (Å²) in [4.78, 5) is 11.3. The minimum absolute atomic E-state index is 0.0689. The predicted octanol–water partition coefficient (Wildman–Crippen LogP) is 2.29. The van der Waals surface area contributed by atoms with Crippen LogP contribution < -0.4 is 5.73 Å². The van der Waals surface area contributed by atoms with Gasteiger partial charge in [-0.3, -0.25) is 4.79 Å². The zero-order valence-electron chi connectivity index (χ0n) is 9.67. The van der Waals surface area contributed by atoms with Gasteiger partial charge < -0.3 is 10.8 Å². The van der Waals surface area contributed by atoms with Gasteiger partial charge in [-0.25, -0.2) is 4.39 Å². The van der Waals surface area contributed by atoms with Crippen molar-refractivity contribution in [1.82, 2.24) is 0 Å². The molecule has 0 radical (unpaired) electrons. The Morgan fingerprint density at radius 1 is 1.37 bits per heavy atom. The van der Waals surface area contributed by atoms with E-state index in [-0.39, 0.29) is 12.8 Å². The van der Waals surface area contributed by atoms with E-state index < -0.39 is 40.5 Å². The monoisotopic (exact) mass is 277 g/mol. The number of rotatable bonds is 2. The Labute approximate surface area is 106 Å². The van der Waals surface area contributed by atoms with Crippen LogP contribution in [0.4, 0.5) is 17.6 Å². The van der Waals surface area contributed by atoms with Gasteiger partial charge >= 0.3 is 12.1 Å². The molecule has 1 aliphatic carbocycles. The van der Waals surface area contributed by atoms with Gasteiger partial charge in [0.15, 0.2) is 0 Å². The van der Waals surface area contributed by atoms with E-state index in [0.29, 0.717) is 18.2 Å². The van der Waals surface area contributed by atoms with Crippen molar-refractivity contribution in [2.45, 2.75) is 30.5 Å². The first-order valence-electron chi connectivity index (χ1n) is 5.53. The smallest absolute Gasteiger partial charge is 0.416 e. The van der Waals surface area contributed by atoms with Crippen LogP contribution in [0.5, 0.6) is 0 Å². The van der Waals surface area contributed by atoms with E-state index in [1.165, 1.54) is 0 Å². The van der Waals surface area contributed by atoms with E-state index in [0.717, 1.165) is 0 Å². The molecule has 1 aromatic carbocycles. The third-order valence-electron chi connectivity index (χ3n) is 3.44. The van der Waals surface area contributed by atoms with Crippen molar-refractivity contribution >= 4 is 5.97 Å². The molecular weight excluding hydrogens is 266 g/mol. The van der Waals surface area contributed by atoms with Crippen molar-refractivity contribution in [3.8, 4) is 0 Å². The summed E-state index contributed by atoms with van der Waals surface area (Å²) in [7, 11) is 0. The summed E-state index contributed by atoms with van der Waals surface area (Å²) in [6.45, 7) is 0. The first kappa shape index (κ1) is 13.8. The molecule has 1 aromatic rings. The van der Waals surface area contributed by atoms with Gasteiger partial charge in [0.25, 0.3) is 0 Å². The molecule has 0 aliphatic heterocycles. The fraction of sp³-hybridized carbons (Fsp3) is 0.417. The lowest BCUT2D eigenvalue weighted by molar-refractivity contribution is -0.148. The van der Waals surface area contributed by atoms with E-state index in [4.69, 9.17) is 10.8 Å². The molecule has 1 saturated carbocycles. The zero-order valence-corrected chi connectivity index (χ0v) is 9.67. The third kappa shape index (κ3) is 2.18. The molecule has 0 bridgehead atoms. The van der Waals surface area contributed by atoms with E-state index in [2.05, 4.69) is 0 Å².